The van der Waals surface area contributed by atoms with Crippen LogP contribution in [0.5, 0.6) is 5.75 Å². The summed E-state index contributed by atoms with van der Waals surface area (Å²) in [5.41, 5.74) is 4.20. The molecule has 1 heterocycles. The Morgan fingerprint density at radius 1 is 1.18 bits per heavy atom. The van der Waals surface area contributed by atoms with Crippen molar-refractivity contribution in [1.82, 2.24) is 4.98 Å². The molecule has 90 valence electrons. The summed E-state index contributed by atoms with van der Waals surface area (Å²) in [6, 6.07) is 6.32. The maximum Gasteiger partial charge on any atom is 0.119 e. The number of fused-ring (bicyclic) bond motifs is 3. The third-order valence-corrected chi connectivity index (χ3v) is 4.09. The summed E-state index contributed by atoms with van der Waals surface area (Å²) < 4.78 is 5.33. The fraction of sp³-hybridized carbons (Fsp3) is 0.467. The van der Waals surface area contributed by atoms with E-state index >= 15 is 0 Å². The Kier molecular flexibility index (Phi) is 2.39. The molecule has 1 aromatic heterocycles. The lowest BCUT2D eigenvalue weighted by Gasteiger charge is -2.24. The van der Waals surface area contributed by atoms with Gasteiger partial charge in [-0.05, 0) is 48.4 Å². The average molecular weight is 229 g/mol. The zero-order valence-corrected chi connectivity index (χ0v) is 10.7. The number of rotatable bonds is 1. The van der Waals surface area contributed by atoms with Gasteiger partial charge in [0.1, 0.15) is 5.75 Å². The first-order valence-corrected chi connectivity index (χ1v) is 6.40. The van der Waals surface area contributed by atoms with Crippen LogP contribution >= 0.6 is 0 Å². The molecule has 2 unspecified atom stereocenters. The van der Waals surface area contributed by atoms with E-state index in [0.29, 0.717) is 11.8 Å². The highest BCUT2D eigenvalue weighted by Gasteiger charge is 2.26. The number of aromatic nitrogens is 1. The zero-order valence-electron chi connectivity index (χ0n) is 10.7. The van der Waals surface area contributed by atoms with Gasteiger partial charge in [0.2, 0.25) is 0 Å². The predicted molar refractivity (Wildman–Crippen MR) is 70.9 cm³/mol. The summed E-state index contributed by atoms with van der Waals surface area (Å²) in [6.45, 7) is 4.65. The zero-order chi connectivity index (χ0) is 12.0. The predicted octanol–water partition coefficient (Wildman–Crippen LogP) is 4.18. The van der Waals surface area contributed by atoms with E-state index in [9.17, 15) is 0 Å². The van der Waals surface area contributed by atoms with Gasteiger partial charge < -0.3 is 9.72 Å². The number of hydrogen-bond donors (Lipinski definition) is 1. The van der Waals surface area contributed by atoms with Crippen LogP contribution in [0.25, 0.3) is 10.9 Å². The topological polar surface area (TPSA) is 25.0 Å². The lowest BCUT2D eigenvalue weighted by Crippen LogP contribution is -2.09. The second-order valence-electron chi connectivity index (χ2n) is 5.24. The van der Waals surface area contributed by atoms with Crippen LogP contribution in [0, 0.1) is 0 Å². The highest BCUT2D eigenvalue weighted by molar-refractivity contribution is 5.87. The molecule has 17 heavy (non-hydrogen) atoms. The maximum absolute atomic E-state index is 5.33. The minimum atomic E-state index is 0.652. The van der Waals surface area contributed by atoms with Crippen LogP contribution in [0.15, 0.2) is 18.2 Å². The fourth-order valence-corrected chi connectivity index (χ4v) is 3.05. The molecular formula is C15H19NO. The van der Waals surface area contributed by atoms with Crippen LogP contribution in [0.1, 0.15) is 49.8 Å². The summed E-state index contributed by atoms with van der Waals surface area (Å²) in [6.07, 6.45) is 2.58. The van der Waals surface area contributed by atoms with Crippen LogP contribution in [0.2, 0.25) is 0 Å². The van der Waals surface area contributed by atoms with Gasteiger partial charge in [-0.2, -0.15) is 0 Å². The van der Waals surface area contributed by atoms with Crippen LogP contribution < -0.4 is 4.74 Å². The van der Waals surface area contributed by atoms with Gasteiger partial charge in [-0.15, -0.1) is 0 Å². The summed E-state index contributed by atoms with van der Waals surface area (Å²) in [5.74, 6) is 2.26. The van der Waals surface area contributed by atoms with Crippen molar-refractivity contribution >= 4 is 10.9 Å². The molecule has 1 aromatic carbocycles. The number of nitrogens with one attached hydrogen (secondary N) is 1. The van der Waals surface area contributed by atoms with Gasteiger partial charge in [-0.3, -0.25) is 0 Å². The van der Waals surface area contributed by atoms with Gasteiger partial charge in [0, 0.05) is 16.6 Å². The Bertz CT molecular complexity index is 555. The van der Waals surface area contributed by atoms with Crippen molar-refractivity contribution in [2.24, 2.45) is 0 Å². The van der Waals surface area contributed by atoms with Gasteiger partial charge in [0.15, 0.2) is 0 Å². The Hall–Kier alpha value is -1.44. The largest absolute Gasteiger partial charge is 0.497 e. The highest BCUT2D eigenvalue weighted by atomic mass is 16.5. The van der Waals surface area contributed by atoms with Crippen molar-refractivity contribution in [3.8, 4) is 5.75 Å². The first kappa shape index (κ1) is 10.7. The van der Waals surface area contributed by atoms with Crippen molar-refractivity contribution in [2.75, 3.05) is 7.11 Å². The third kappa shape index (κ3) is 1.54. The summed E-state index contributed by atoms with van der Waals surface area (Å²) in [7, 11) is 1.73. The van der Waals surface area contributed by atoms with E-state index in [0.717, 1.165) is 5.75 Å². The lowest BCUT2D eigenvalue weighted by atomic mass is 9.81. The molecule has 0 bridgehead atoms. The SMILES string of the molecule is COc1ccc2[nH]c3c(c2c1)C(C)CCC3C. The molecule has 0 aliphatic heterocycles. The van der Waals surface area contributed by atoms with E-state index in [2.05, 4.69) is 31.0 Å². The standard InChI is InChI=1S/C15H19NO/c1-9-4-5-10(2)15-14(9)12-8-11(17-3)6-7-13(12)16-15/h6-10,16H,4-5H2,1-3H3. The van der Waals surface area contributed by atoms with Gasteiger partial charge in [-0.1, -0.05) is 13.8 Å². The molecule has 2 nitrogen and oxygen atoms in total. The van der Waals surface area contributed by atoms with Crippen LogP contribution in [-0.4, -0.2) is 12.1 Å². The second kappa shape index (κ2) is 3.80. The fourth-order valence-electron chi connectivity index (χ4n) is 3.05. The number of methoxy groups -OCH3 is 1. The molecule has 0 saturated heterocycles. The van der Waals surface area contributed by atoms with E-state index in [1.807, 2.05) is 6.07 Å². The lowest BCUT2D eigenvalue weighted by molar-refractivity contribution is 0.415. The molecule has 0 amide bonds. The van der Waals surface area contributed by atoms with Gasteiger partial charge >= 0.3 is 0 Å². The Labute approximate surface area is 102 Å². The quantitative estimate of drug-likeness (QED) is 0.779. The third-order valence-electron chi connectivity index (χ3n) is 4.09. The maximum atomic E-state index is 5.33. The molecule has 2 aromatic rings. The van der Waals surface area contributed by atoms with Crippen LogP contribution in [0.3, 0.4) is 0 Å². The first-order valence-electron chi connectivity index (χ1n) is 6.40. The molecule has 1 N–H and O–H groups in total. The summed E-state index contributed by atoms with van der Waals surface area (Å²) in [4.78, 5) is 3.59. The van der Waals surface area contributed by atoms with E-state index in [1.54, 1.807) is 7.11 Å². The average Bonchev–Trinajstić information content (AvgIpc) is 2.73. The summed E-state index contributed by atoms with van der Waals surface area (Å²) >= 11 is 0. The normalized spacial score (nSPS) is 23.7. The molecule has 0 saturated carbocycles. The molecule has 0 spiro atoms. The van der Waals surface area contributed by atoms with E-state index < -0.39 is 0 Å². The van der Waals surface area contributed by atoms with Gasteiger partial charge in [0.05, 0.1) is 7.11 Å². The molecule has 2 atom stereocenters. The van der Waals surface area contributed by atoms with Gasteiger partial charge in [-0.25, -0.2) is 0 Å². The minimum absolute atomic E-state index is 0.652. The molecular weight excluding hydrogens is 210 g/mol. The van der Waals surface area contributed by atoms with Gasteiger partial charge in [0.25, 0.3) is 0 Å². The Morgan fingerprint density at radius 3 is 2.71 bits per heavy atom. The summed E-state index contributed by atoms with van der Waals surface area (Å²) in [5, 5.41) is 1.35. The van der Waals surface area contributed by atoms with Crippen LogP contribution in [-0.2, 0) is 0 Å². The molecule has 0 radical (unpaired) electrons. The Morgan fingerprint density at radius 2 is 1.94 bits per heavy atom. The van der Waals surface area contributed by atoms with Crippen LogP contribution in [0.4, 0.5) is 0 Å². The number of H-pyrrole nitrogens is 1. The molecule has 0 fully saturated rings. The van der Waals surface area contributed by atoms with E-state index in [1.165, 1.54) is 35.0 Å². The van der Waals surface area contributed by atoms with Crippen molar-refractivity contribution in [2.45, 2.75) is 38.5 Å². The monoisotopic (exact) mass is 229 g/mol. The number of aromatic amines is 1. The molecule has 1 aliphatic rings. The van der Waals surface area contributed by atoms with Crippen molar-refractivity contribution < 1.29 is 4.74 Å². The molecule has 2 heteroatoms. The first-order chi connectivity index (χ1) is 8.20. The number of hydrogen-bond acceptors (Lipinski definition) is 1. The molecule has 1 aliphatic carbocycles. The number of benzene rings is 1. The molecule has 3 rings (SSSR count). The van der Waals surface area contributed by atoms with Crippen molar-refractivity contribution in [3.63, 3.8) is 0 Å². The van der Waals surface area contributed by atoms with Crippen molar-refractivity contribution in [3.05, 3.63) is 29.5 Å². The number of ether oxygens (including phenoxy) is 1. The van der Waals surface area contributed by atoms with E-state index in [4.69, 9.17) is 4.74 Å². The Balaban J connectivity index is 2.28. The highest BCUT2D eigenvalue weighted by Crippen LogP contribution is 2.42. The smallest absolute Gasteiger partial charge is 0.119 e. The van der Waals surface area contributed by atoms with E-state index in [-0.39, 0.29) is 0 Å². The van der Waals surface area contributed by atoms with Crippen molar-refractivity contribution in [1.29, 1.82) is 0 Å². The minimum Gasteiger partial charge on any atom is -0.497 e. The second-order valence-corrected chi connectivity index (χ2v) is 5.24.